The fourth-order valence-corrected chi connectivity index (χ4v) is 2.53. The fraction of sp³-hybridized carbons (Fsp3) is 0.333. The lowest BCUT2D eigenvalue weighted by molar-refractivity contribution is -0.140. The van der Waals surface area contributed by atoms with Crippen LogP contribution < -0.4 is 4.90 Å². The highest BCUT2D eigenvalue weighted by Crippen LogP contribution is 2.37. The van der Waals surface area contributed by atoms with Gasteiger partial charge in [0.05, 0.1) is 37.0 Å². The first kappa shape index (κ1) is 19.1. The molecule has 1 aromatic rings. The summed E-state index contributed by atoms with van der Waals surface area (Å²) in [7, 11) is 2.23. The van der Waals surface area contributed by atoms with Crippen LogP contribution in [0.2, 0.25) is 5.02 Å². The summed E-state index contributed by atoms with van der Waals surface area (Å²) >= 11 is 5.71. The van der Waals surface area contributed by atoms with Crippen LogP contribution in [0, 0.1) is 0 Å². The van der Waals surface area contributed by atoms with Crippen LogP contribution in [0.25, 0.3) is 0 Å². The van der Waals surface area contributed by atoms with Gasteiger partial charge in [-0.1, -0.05) is 11.6 Å². The van der Waals surface area contributed by atoms with E-state index in [-0.39, 0.29) is 30.3 Å². The molecule has 6 nitrogen and oxygen atoms in total. The summed E-state index contributed by atoms with van der Waals surface area (Å²) in [5, 5.41) is -0.556. The molecule has 0 saturated heterocycles. The lowest BCUT2D eigenvalue weighted by atomic mass is 10.1. The average molecular weight is 380 g/mol. The maximum absolute atomic E-state index is 12.8. The summed E-state index contributed by atoms with van der Waals surface area (Å²) in [6.45, 7) is -0.394. The van der Waals surface area contributed by atoms with E-state index < -0.39 is 28.7 Å². The third kappa shape index (κ3) is 3.88. The van der Waals surface area contributed by atoms with Gasteiger partial charge in [0.1, 0.15) is 12.4 Å². The maximum Gasteiger partial charge on any atom is 0.417 e. The van der Waals surface area contributed by atoms with Gasteiger partial charge in [-0.05, 0) is 18.2 Å². The second kappa shape index (κ2) is 7.32. The van der Waals surface area contributed by atoms with Gasteiger partial charge < -0.3 is 19.1 Å². The Kier molecular flexibility index (Phi) is 5.58. The summed E-state index contributed by atoms with van der Waals surface area (Å²) in [5.41, 5.74) is -1.19. The van der Waals surface area contributed by atoms with Crippen LogP contribution in [0.1, 0.15) is 5.56 Å². The Bertz CT molecular complexity index is 732. The second-order valence-electron chi connectivity index (χ2n) is 4.88. The van der Waals surface area contributed by atoms with E-state index in [1.54, 1.807) is 0 Å². The first-order valence-electron chi connectivity index (χ1n) is 6.82. The molecule has 25 heavy (non-hydrogen) atoms. The minimum atomic E-state index is -4.62. The Hall–Kier alpha value is -2.26. The number of nitrogens with zero attached hydrogens (tertiary/aromatic N) is 1. The number of halogens is 4. The van der Waals surface area contributed by atoms with Crippen molar-refractivity contribution in [1.29, 1.82) is 0 Å². The summed E-state index contributed by atoms with van der Waals surface area (Å²) in [5.74, 6) is -1.68. The molecule has 2 rings (SSSR count). The number of alkyl halides is 3. The molecular weight excluding hydrogens is 367 g/mol. The van der Waals surface area contributed by atoms with Crippen molar-refractivity contribution in [3.63, 3.8) is 0 Å². The van der Waals surface area contributed by atoms with Crippen molar-refractivity contribution in [2.24, 2.45) is 0 Å². The topological polar surface area (TPSA) is 65.1 Å². The third-order valence-electron chi connectivity index (χ3n) is 3.40. The van der Waals surface area contributed by atoms with Gasteiger partial charge in [-0.25, -0.2) is 9.59 Å². The zero-order valence-electron chi connectivity index (χ0n) is 13.1. The van der Waals surface area contributed by atoms with Crippen molar-refractivity contribution in [1.82, 2.24) is 0 Å². The van der Waals surface area contributed by atoms with Gasteiger partial charge in [0.2, 0.25) is 0 Å². The summed E-state index contributed by atoms with van der Waals surface area (Å²) in [4.78, 5) is 25.1. The van der Waals surface area contributed by atoms with Crippen LogP contribution in [0.5, 0.6) is 0 Å². The lowest BCUT2D eigenvalue weighted by Crippen LogP contribution is -2.38. The SMILES string of the molecule is COC(=O)C1=C(C(=O)OC)N(c2ccc(C(F)(F)F)c(Cl)c2)COC1. The molecule has 0 spiro atoms. The highest BCUT2D eigenvalue weighted by atomic mass is 35.5. The molecule has 0 saturated carbocycles. The van der Waals surface area contributed by atoms with Crippen molar-refractivity contribution in [2.75, 3.05) is 32.5 Å². The molecule has 10 heteroatoms. The number of esters is 2. The van der Waals surface area contributed by atoms with Crippen LogP contribution >= 0.6 is 11.6 Å². The molecule has 0 unspecified atom stereocenters. The minimum Gasteiger partial charge on any atom is -0.466 e. The van der Waals surface area contributed by atoms with Crippen molar-refractivity contribution >= 4 is 29.2 Å². The van der Waals surface area contributed by atoms with Gasteiger partial charge in [-0.3, -0.25) is 0 Å². The predicted molar refractivity (Wildman–Crippen MR) is 80.8 cm³/mol. The smallest absolute Gasteiger partial charge is 0.417 e. The molecule has 1 aliphatic rings. The quantitative estimate of drug-likeness (QED) is 0.752. The van der Waals surface area contributed by atoms with E-state index in [9.17, 15) is 22.8 Å². The number of ether oxygens (including phenoxy) is 3. The molecule has 0 amide bonds. The van der Waals surface area contributed by atoms with E-state index in [2.05, 4.69) is 9.47 Å². The molecule has 0 aliphatic carbocycles. The van der Waals surface area contributed by atoms with E-state index in [1.807, 2.05) is 0 Å². The van der Waals surface area contributed by atoms with Crippen molar-refractivity contribution in [3.8, 4) is 0 Å². The monoisotopic (exact) mass is 379 g/mol. The van der Waals surface area contributed by atoms with Gasteiger partial charge in [0.25, 0.3) is 0 Å². The van der Waals surface area contributed by atoms with E-state index in [0.717, 1.165) is 32.4 Å². The Balaban J connectivity index is 2.54. The van der Waals surface area contributed by atoms with Gasteiger partial charge in [0, 0.05) is 5.69 Å². The molecule has 0 atom stereocenters. The standard InChI is InChI=1S/C15H13ClF3NO5/c1-23-13(21)9-6-25-7-20(12(9)14(22)24-2)8-3-4-10(11(16)5-8)15(17,18)19/h3-5H,6-7H2,1-2H3. The van der Waals surface area contributed by atoms with Gasteiger partial charge >= 0.3 is 18.1 Å². The van der Waals surface area contributed by atoms with Crippen molar-refractivity contribution in [2.45, 2.75) is 6.18 Å². The normalized spacial score (nSPS) is 15.2. The first-order chi connectivity index (χ1) is 11.7. The van der Waals surface area contributed by atoms with Crippen LogP contribution in [-0.4, -0.2) is 39.5 Å². The molecule has 0 fully saturated rings. The number of carbonyl (C=O) groups is 2. The number of anilines is 1. The van der Waals surface area contributed by atoms with Crippen LogP contribution in [0.3, 0.4) is 0 Å². The Morgan fingerprint density at radius 2 is 1.84 bits per heavy atom. The van der Waals surface area contributed by atoms with E-state index in [0.29, 0.717) is 0 Å². The molecule has 0 aromatic heterocycles. The van der Waals surface area contributed by atoms with Gasteiger partial charge in [-0.2, -0.15) is 13.2 Å². The fourth-order valence-electron chi connectivity index (χ4n) is 2.25. The molecule has 1 aromatic carbocycles. The lowest BCUT2D eigenvalue weighted by Gasteiger charge is -2.31. The molecule has 1 heterocycles. The number of hydrogen-bond donors (Lipinski definition) is 0. The van der Waals surface area contributed by atoms with E-state index in [1.165, 1.54) is 4.90 Å². The number of benzene rings is 1. The highest BCUT2D eigenvalue weighted by Gasteiger charge is 2.35. The summed E-state index contributed by atoms with van der Waals surface area (Å²) in [6, 6.07) is 2.91. The van der Waals surface area contributed by atoms with Crippen LogP contribution in [-0.2, 0) is 30.0 Å². The molecular formula is C15H13ClF3NO5. The van der Waals surface area contributed by atoms with Crippen molar-refractivity contribution < 1.29 is 37.0 Å². The maximum atomic E-state index is 12.8. The third-order valence-corrected chi connectivity index (χ3v) is 3.72. The molecule has 0 radical (unpaired) electrons. The average Bonchev–Trinajstić information content (AvgIpc) is 2.58. The zero-order chi connectivity index (χ0) is 18.8. The summed E-state index contributed by atoms with van der Waals surface area (Å²) in [6.07, 6.45) is -4.62. The number of hydrogen-bond acceptors (Lipinski definition) is 6. The van der Waals surface area contributed by atoms with Gasteiger partial charge in [-0.15, -0.1) is 0 Å². The highest BCUT2D eigenvalue weighted by molar-refractivity contribution is 6.31. The van der Waals surface area contributed by atoms with E-state index in [4.69, 9.17) is 16.3 Å². The van der Waals surface area contributed by atoms with E-state index >= 15 is 0 Å². The number of methoxy groups -OCH3 is 2. The number of rotatable bonds is 3. The first-order valence-corrected chi connectivity index (χ1v) is 7.20. The Labute approximate surface area is 145 Å². The van der Waals surface area contributed by atoms with Gasteiger partial charge in [0.15, 0.2) is 0 Å². The van der Waals surface area contributed by atoms with Crippen LogP contribution in [0.15, 0.2) is 29.5 Å². The molecule has 136 valence electrons. The Morgan fingerprint density at radius 3 is 2.36 bits per heavy atom. The molecule has 0 N–H and O–H groups in total. The summed E-state index contributed by atoms with van der Waals surface area (Å²) < 4.78 is 53.0. The second-order valence-corrected chi connectivity index (χ2v) is 5.29. The van der Waals surface area contributed by atoms with Crippen LogP contribution in [0.4, 0.5) is 18.9 Å². The molecule has 0 bridgehead atoms. The van der Waals surface area contributed by atoms with Crippen molar-refractivity contribution in [3.05, 3.63) is 40.1 Å². The molecule has 1 aliphatic heterocycles. The number of carbonyl (C=O) groups excluding carboxylic acids is 2. The predicted octanol–water partition coefficient (Wildman–Crippen LogP) is 2.75. The minimum absolute atomic E-state index is 0.114. The largest absolute Gasteiger partial charge is 0.466 e. The zero-order valence-corrected chi connectivity index (χ0v) is 13.9. The Morgan fingerprint density at radius 1 is 1.20 bits per heavy atom.